The molecular weight excluding hydrogens is 332 g/mol. The fraction of sp³-hybridized carbons (Fsp3) is 0.250. The number of rotatable bonds is 3. The summed E-state index contributed by atoms with van der Waals surface area (Å²) < 4.78 is 0. The number of benzene rings is 2. The van der Waals surface area contributed by atoms with E-state index in [4.69, 9.17) is 0 Å². The Kier molecular flexibility index (Phi) is 5.02. The van der Waals surface area contributed by atoms with Crippen LogP contribution in [0.25, 0.3) is 0 Å². The highest BCUT2D eigenvalue weighted by Gasteiger charge is 2.26. The molecule has 1 heterocycles. The number of amides is 2. The molecule has 0 aromatic heterocycles. The van der Waals surface area contributed by atoms with Crippen LogP contribution in [-0.2, 0) is 0 Å². The SMILES string of the molecule is Cc1ccc(C(=O)N2CCN(C(=O)c3ccccc3C(=O)[O-])CC2)cc1. The molecule has 0 atom stereocenters. The normalized spacial score (nSPS) is 14.2. The first-order valence-corrected chi connectivity index (χ1v) is 8.43. The lowest BCUT2D eigenvalue weighted by atomic mass is 10.1. The van der Waals surface area contributed by atoms with Gasteiger partial charge in [-0.15, -0.1) is 0 Å². The number of carbonyl (C=O) groups is 3. The Labute approximate surface area is 151 Å². The Morgan fingerprint density at radius 3 is 1.81 bits per heavy atom. The van der Waals surface area contributed by atoms with Crippen molar-refractivity contribution in [2.45, 2.75) is 6.92 Å². The predicted octanol–water partition coefficient (Wildman–Crippen LogP) is 0.957. The molecule has 1 aliphatic rings. The first kappa shape index (κ1) is 17.7. The van der Waals surface area contributed by atoms with Gasteiger partial charge in [0.2, 0.25) is 0 Å². The van der Waals surface area contributed by atoms with Gasteiger partial charge in [0, 0.05) is 42.9 Å². The van der Waals surface area contributed by atoms with Crippen molar-refractivity contribution < 1.29 is 19.5 Å². The van der Waals surface area contributed by atoms with E-state index in [1.54, 1.807) is 34.1 Å². The third-order valence-corrected chi connectivity index (χ3v) is 4.53. The maximum absolute atomic E-state index is 12.6. The van der Waals surface area contributed by atoms with Crippen LogP contribution in [0.15, 0.2) is 48.5 Å². The Hall–Kier alpha value is -3.15. The second-order valence-electron chi connectivity index (χ2n) is 6.28. The molecule has 3 rings (SSSR count). The standard InChI is InChI=1S/C20H20N2O4/c1-14-6-8-15(9-7-14)18(23)21-10-12-22(13-11-21)19(24)16-4-2-3-5-17(16)20(25)26/h2-9H,10-13H2,1H3,(H,25,26)/p-1. The Morgan fingerprint density at radius 1 is 0.769 bits per heavy atom. The van der Waals surface area contributed by atoms with Crippen LogP contribution in [0.1, 0.15) is 36.6 Å². The summed E-state index contributed by atoms with van der Waals surface area (Å²) in [7, 11) is 0. The average molecular weight is 351 g/mol. The van der Waals surface area contributed by atoms with Crippen molar-refractivity contribution in [2.75, 3.05) is 26.2 Å². The number of hydrogen-bond acceptors (Lipinski definition) is 4. The predicted molar refractivity (Wildman–Crippen MR) is 93.8 cm³/mol. The maximum atomic E-state index is 12.6. The van der Waals surface area contributed by atoms with E-state index in [2.05, 4.69) is 0 Å². The lowest BCUT2D eigenvalue weighted by Gasteiger charge is -2.35. The molecule has 0 N–H and O–H groups in total. The van der Waals surface area contributed by atoms with Crippen molar-refractivity contribution in [3.8, 4) is 0 Å². The number of aryl methyl sites for hydroxylation is 1. The number of hydrogen-bond donors (Lipinski definition) is 0. The van der Waals surface area contributed by atoms with Gasteiger partial charge in [-0.2, -0.15) is 0 Å². The van der Waals surface area contributed by atoms with Crippen molar-refractivity contribution in [2.24, 2.45) is 0 Å². The molecule has 2 aromatic rings. The summed E-state index contributed by atoms with van der Waals surface area (Å²) in [6, 6.07) is 13.4. The molecule has 0 aliphatic carbocycles. The van der Waals surface area contributed by atoms with Crippen molar-refractivity contribution >= 4 is 17.8 Å². The van der Waals surface area contributed by atoms with Crippen LogP contribution in [0.3, 0.4) is 0 Å². The van der Waals surface area contributed by atoms with Gasteiger partial charge in [0.25, 0.3) is 11.8 Å². The molecule has 1 saturated heterocycles. The molecule has 0 saturated carbocycles. The summed E-state index contributed by atoms with van der Waals surface area (Å²) in [6.07, 6.45) is 0. The number of carboxylic acids is 1. The summed E-state index contributed by atoms with van der Waals surface area (Å²) in [5.74, 6) is -1.79. The zero-order valence-corrected chi connectivity index (χ0v) is 14.5. The zero-order valence-electron chi connectivity index (χ0n) is 14.5. The molecule has 1 aliphatic heterocycles. The molecule has 0 unspecified atom stereocenters. The topological polar surface area (TPSA) is 80.8 Å². The van der Waals surface area contributed by atoms with E-state index in [-0.39, 0.29) is 22.9 Å². The van der Waals surface area contributed by atoms with Gasteiger partial charge in [0.05, 0.1) is 5.97 Å². The minimum Gasteiger partial charge on any atom is -0.545 e. The highest BCUT2D eigenvalue weighted by molar-refractivity contribution is 6.04. The largest absolute Gasteiger partial charge is 0.545 e. The van der Waals surface area contributed by atoms with E-state index in [1.807, 2.05) is 19.1 Å². The van der Waals surface area contributed by atoms with Crippen molar-refractivity contribution in [1.82, 2.24) is 9.80 Å². The van der Waals surface area contributed by atoms with Gasteiger partial charge < -0.3 is 19.7 Å². The number of carboxylic acid groups (broad SMARTS) is 1. The summed E-state index contributed by atoms with van der Waals surface area (Å²) in [6.45, 7) is 3.50. The molecule has 0 radical (unpaired) electrons. The second-order valence-corrected chi connectivity index (χ2v) is 6.28. The molecule has 134 valence electrons. The first-order valence-electron chi connectivity index (χ1n) is 8.43. The molecule has 2 aromatic carbocycles. The van der Waals surface area contributed by atoms with Crippen LogP contribution in [0.4, 0.5) is 0 Å². The van der Waals surface area contributed by atoms with Crippen LogP contribution >= 0.6 is 0 Å². The fourth-order valence-corrected chi connectivity index (χ4v) is 3.01. The van der Waals surface area contributed by atoms with Gasteiger partial charge in [-0.3, -0.25) is 9.59 Å². The number of nitrogens with zero attached hydrogens (tertiary/aromatic N) is 2. The first-order chi connectivity index (χ1) is 12.5. The van der Waals surface area contributed by atoms with E-state index in [0.717, 1.165) is 5.56 Å². The van der Waals surface area contributed by atoms with Gasteiger partial charge >= 0.3 is 0 Å². The minimum absolute atomic E-state index is 0.0627. The fourth-order valence-electron chi connectivity index (χ4n) is 3.01. The molecule has 0 bridgehead atoms. The molecule has 1 fully saturated rings. The third kappa shape index (κ3) is 3.59. The van der Waals surface area contributed by atoms with E-state index >= 15 is 0 Å². The highest BCUT2D eigenvalue weighted by atomic mass is 16.4. The monoisotopic (exact) mass is 351 g/mol. The Morgan fingerprint density at radius 2 is 1.27 bits per heavy atom. The molecule has 6 nitrogen and oxygen atoms in total. The van der Waals surface area contributed by atoms with Gasteiger partial charge in [-0.25, -0.2) is 0 Å². The van der Waals surface area contributed by atoms with Crippen LogP contribution in [-0.4, -0.2) is 53.8 Å². The molecular formula is C20H19N2O4-. The summed E-state index contributed by atoms with van der Waals surface area (Å²) in [4.78, 5) is 39.7. The van der Waals surface area contributed by atoms with E-state index in [9.17, 15) is 19.5 Å². The minimum atomic E-state index is -1.37. The molecule has 0 spiro atoms. The van der Waals surface area contributed by atoms with Gasteiger partial charge in [0.15, 0.2) is 0 Å². The highest BCUT2D eigenvalue weighted by Crippen LogP contribution is 2.15. The lowest BCUT2D eigenvalue weighted by molar-refractivity contribution is -0.255. The van der Waals surface area contributed by atoms with Crippen LogP contribution in [0.5, 0.6) is 0 Å². The average Bonchev–Trinajstić information content (AvgIpc) is 2.67. The molecule has 26 heavy (non-hydrogen) atoms. The van der Waals surface area contributed by atoms with Crippen molar-refractivity contribution in [3.63, 3.8) is 0 Å². The van der Waals surface area contributed by atoms with E-state index < -0.39 is 5.97 Å². The summed E-state index contributed by atoms with van der Waals surface area (Å²) in [5.41, 5.74) is 1.71. The smallest absolute Gasteiger partial charge is 0.254 e. The van der Waals surface area contributed by atoms with Gasteiger partial charge in [-0.1, -0.05) is 35.9 Å². The maximum Gasteiger partial charge on any atom is 0.254 e. The number of piperazine rings is 1. The number of carbonyl (C=O) groups excluding carboxylic acids is 3. The van der Waals surface area contributed by atoms with Crippen LogP contribution in [0, 0.1) is 6.92 Å². The zero-order chi connectivity index (χ0) is 18.7. The lowest BCUT2D eigenvalue weighted by Crippen LogP contribution is -2.50. The third-order valence-electron chi connectivity index (χ3n) is 4.53. The second kappa shape index (κ2) is 7.39. The number of aromatic carboxylic acids is 1. The van der Waals surface area contributed by atoms with Crippen molar-refractivity contribution in [3.05, 3.63) is 70.8 Å². The summed E-state index contributed by atoms with van der Waals surface area (Å²) in [5, 5.41) is 11.2. The summed E-state index contributed by atoms with van der Waals surface area (Å²) >= 11 is 0. The van der Waals surface area contributed by atoms with Gasteiger partial charge in [0.1, 0.15) is 0 Å². The van der Waals surface area contributed by atoms with E-state index in [0.29, 0.717) is 31.7 Å². The van der Waals surface area contributed by atoms with E-state index in [1.165, 1.54) is 12.1 Å². The van der Waals surface area contributed by atoms with Crippen molar-refractivity contribution in [1.29, 1.82) is 0 Å². The van der Waals surface area contributed by atoms with Crippen LogP contribution in [0.2, 0.25) is 0 Å². The van der Waals surface area contributed by atoms with Crippen LogP contribution < -0.4 is 5.11 Å². The Bertz CT molecular complexity index is 837. The Balaban J connectivity index is 1.67. The quantitative estimate of drug-likeness (QED) is 0.825. The molecule has 6 heteroatoms. The molecule has 2 amide bonds. The van der Waals surface area contributed by atoms with Gasteiger partial charge in [-0.05, 0) is 25.1 Å².